The van der Waals surface area contributed by atoms with Gasteiger partial charge in [0.15, 0.2) is 0 Å². The maximum absolute atomic E-state index is 13.7. The van der Waals surface area contributed by atoms with Gasteiger partial charge < -0.3 is 19.6 Å². The molecule has 1 aliphatic heterocycles. The van der Waals surface area contributed by atoms with Crippen molar-refractivity contribution >= 4 is 34.1 Å². The minimum atomic E-state index is -1.17. The van der Waals surface area contributed by atoms with Crippen LogP contribution in [0.25, 0.3) is 10.8 Å². The number of carbonyl (C=O) groups excluding carboxylic acids is 1. The molecule has 5 rings (SSSR count). The van der Waals surface area contributed by atoms with E-state index in [9.17, 15) is 9.90 Å². The molecule has 1 amide bonds. The fraction of sp³-hybridized carbons (Fsp3) is 0.233. The van der Waals surface area contributed by atoms with Crippen molar-refractivity contribution in [1.82, 2.24) is 4.90 Å². The summed E-state index contributed by atoms with van der Waals surface area (Å²) < 4.78 is 5.31. The first-order valence-corrected chi connectivity index (χ1v) is 13.0. The lowest BCUT2D eigenvalue weighted by Crippen LogP contribution is -2.43. The predicted octanol–water partition coefficient (Wildman–Crippen LogP) is 5.52. The van der Waals surface area contributed by atoms with Crippen LogP contribution in [0, 0.1) is 0 Å². The van der Waals surface area contributed by atoms with Crippen molar-refractivity contribution in [1.29, 1.82) is 0 Å². The molecule has 2 atom stereocenters. The van der Waals surface area contributed by atoms with Gasteiger partial charge in [-0.05, 0) is 47.1 Å². The van der Waals surface area contributed by atoms with Gasteiger partial charge in [-0.3, -0.25) is 4.79 Å². The van der Waals surface area contributed by atoms with Crippen LogP contribution in [0.1, 0.15) is 16.4 Å². The summed E-state index contributed by atoms with van der Waals surface area (Å²) in [5, 5.41) is 13.1. The second kappa shape index (κ2) is 10.7. The average molecular weight is 499 g/mol. The number of rotatable bonds is 7. The molecule has 0 fully saturated rings. The molecule has 6 heteroatoms. The fourth-order valence-corrected chi connectivity index (χ4v) is 6.09. The van der Waals surface area contributed by atoms with Crippen LogP contribution >= 0.6 is 11.8 Å². The molecule has 0 saturated carbocycles. The molecule has 184 valence electrons. The number of aliphatic hydroxyl groups is 1. The van der Waals surface area contributed by atoms with Crippen LogP contribution in [-0.4, -0.2) is 49.3 Å². The van der Waals surface area contributed by atoms with Gasteiger partial charge in [0.05, 0.1) is 18.0 Å². The molecule has 0 bridgehead atoms. The molecule has 1 aliphatic rings. The van der Waals surface area contributed by atoms with Gasteiger partial charge >= 0.3 is 0 Å². The lowest BCUT2D eigenvalue weighted by atomic mass is 10.1. The summed E-state index contributed by atoms with van der Waals surface area (Å²) in [6.45, 7) is 1.96. The van der Waals surface area contributed by atoms with E-state index in [1.807, 2.05) is 60.7 Å². The van der Waals surface area contributed by atoms with E-state index in [0.717, 1.165) is 39.2 Å². The van der Waals surface area contributed by atoms with Crippen molar-refractivity contribution in [3.8, 4) is 5.75 Å². The lowest BCUT2D eigenvalue weighted by Gasteiger charge is -2.27. The van der Waals surface area contributed by atoms with E-state index in [4.69, 9.17) is 4.74 Å². The zero-order chi connectivity index (χ0) is 25.1. The molecule has 0 unspecified atom stereocenters. The van der Waals surface area contributed by atoms with Crippen molar-refractivity contribution in [3.05, 3.63) is 102 Å². The number of amides is 1. The molecule has 5 nitrogen and oxygen atoms in total. The lowest BCUT2D eigenvalue weighted by molar-refractivity contribution is -0.126. The number of anilines is 1. The minimum absolute atomic E-state index is 0.273. The standard InChI is InChI=1S/C30H30N2O3S/c1-31(20-21-8-4-3-5-9-21)18-19-32-26-17-14-22-10-6-7-11-25(22)29(26)36-28(27(33)30(32)34)23-12-15-24(35-2)16-13-23/h3-17,27-28,33H,18-20H2,1-2H3/t27-,28+/m1/s1. The number of thioether (sulfide) groups is 1. The Morgan fingerprint density at radius 2 is 1.67 bits per heavy atom. The Morgan fingerprint density at radius 3 is 2.42 bits per heavy atom. The van der Waals surface area contributed by atoms with Crippen LogP contribution in [-0.2, 0) is 11.3 Å². The highest BCUT2D eigenvalue weighted by Gasteiger charge is 2.38. The van der Waals surface area contributed by atoms with Crippen LogP contribution in [0.2, 0.25) is 0 Å². The average Bonchev–Trinajstić information content (AvgIpc) is 3.02. The maximum atomic E-state index is 13.7. The maximum Gasteiger partial charge on any atom is 0.257 e. The van der Waals surface area contributed by atoms with Crippen molar-refractivity contribution in [3.63, 3.8) is 0 Å². The second-order valence-electron chi connectivity index (χ2n) is 9.10. The highest BCUT2D eigenvalue weighted by molar-refractivity contribution is 8.00. The number of methoxy groups -OCH3 is 1. The summed E-state index contributed by atoms with van der Waals surface area (Å²) in [7, 11) is 3.69. The van der Waals surface area contributed by atoms with Crippen molar-refractivity contribution in [2.75, 3.05) is 32.1 Å². The van der Waals surface area contributed by atoms with Gasteiger partial charge in [0.25, 0.3) is 5.91 Å². The quantitative estimate of drug-likeness (QED) is 0.364. The van der Waals surface area contributed by atoms with Gasteiger partial charge in [-0.15, -0.1) is 11.8 Å². The summed E-state index contributed by atoms with van der Waals surface area (Å²) in [4.78, 5) is 18.7. The Kier molecular flexibility index (Phi) is 7.28. The molecular formula is C30H30N2O3S. The van der Waals surface area contributed by atoms with Crippen molar-refractivity contribution in [2.24, 2.45) is 0 Å². The molecule has 0 saturated heterocycles. The third-order valence-corrected chi connectivity index (χ3v) is 8.09. The number of hydrogen-bond donors (Lipinski definition) is 1. The summed E-state index contributed by atoms with van der Waals surface area (Å²) in [6.07, 6.45) is -1.17. The molecule has 1 N–H and O–H groups in total. The highest BCUT2D eigenvalue weighted by Crippen LogP contribution is 2.48. The number of aliphatic hydroxyl groups excluding tert-OH is 1. The second-order valence-corrected chi connectivity index (χ2v) is 10.3. The number of likely N-dealkylation sites (N-methyl/N-ethyl adjacent to an activating group) is 1. The van der Waals surface area contributed by atoms with Gasteiger partial charge in [0.2, 0.25) is 0 Å². The fourth-order valence-electron chi connectivity index (χ4n) is 4.69. The van der Waals surface area contributed by atoms with Gasteiger partial charge in [-0.1, -0.05) is 72.8 Å². The van der Waals surface area contributed by atoms with E-state index in [1.54, 1.807) is 23.8 Å². The third-order valence-electron chi connectivity index (χ3n) is 6.65. The van der Waals surface area contributed by atoms with E-state index in [2.05, 4.69) is 42.3 Å². The molecule has 4 aromatic carbocycles. The van der Waals surface area contributed by atoms with E-state index in [1.165, 1.54) is 5.56 Å². The molecule has 0 spiro atoms. The van der Waals surface area contributed by atoms with E-state index >= 15 is 0 Å². The largest absolute Gasteiger partial charge is 0.497 e. The zero-order valence-corrected chi connectivity index (χ0v) is 21.3. The van der Waals surface area contributed by atoms with Crippen molar-refractivity contribution < 1.29 is 14.6 Å². The molecule has 36 heavy (non-hydrogen) atoms. The molecular weight excluding hydrogens is 468 g/mol. The van der Waals surface area contributed by atoms with Gasteiger partial charge in [0, 0.05) is 24.5 Å². The number of hydrogen-bond acceptors (Lipinski definition) is 5. The highest BCUT2D eigenvalue weighted by atomic mass is 32.2. The summed E-state index contributed by atoms with van der Waals surface area (Å²) in [5.74, 6) is 0.470. The molecule has 0 aromatic heterocycles. The Bertz CT molecular complexity index is 1340. The first kappa shape index (κ1) is 24.4. The topological polar surface area (TPSA) is 53.0 Å². The summed E-state index contributed by atoms with van der Waals surface area (Å²) >= 11 is 1.56. The Balaban J connectivity index is 1.49. The van der Waals surface area contributed by atoms with Gasteiger partial charge in [-0.2, -0.15) is 0 Å². The Morgan fingerprint density at radius 1 is 0.944 bits per heavy atom. The summed E-state index contributed by atoms with van der Waals surface area (Å²) in [5.41, 5.74) is 2.97. The Hall–Kier alpha value is -3.32. The number of carbonyl (C=O) groups is 1. The number of nitrogens with zero attached hydrogens (tertiary/aromatic N) is 2. The van der Waals surface area contributed by atoms with Crippen LogP contribution in [0.4, 0.5) is 5.69 Å². The molecule has 1 heterocycles. The van der Waals surface area contributed by atoms with E-state index < -0.39 is 11.4 Å². The first-order valence-electron chi connectivity index (χ1n) is 12.1. The van der Waals surface area contributed by atoms with E-state index in [0.29, 0.717) is 13.1 Å². The smallest absolute Gasteiger partial charge is 0.257 e. The first-order chi connectivity index (χ1) is 17.5. The van der Waals surface area contributed by atoms with Crippen molar-refractivity contribution in [2.45, 2.75) is 22.8 Å². The predicted molar refractivity (Wildman–Crippen MR) is 147 cm³/mol. The van der Waals surface area contributed by atoms with Crippen LogP contribution < -0.4 is 9.64 Å². The van der Waals surface area contributed by atoms with Gasteiger partial charge in [0.1, 0.15) is 11.9 Å². The minimum Gasteiger partial charge on any atom is -0.497 e. The molecule has 0 aliphatic carbocycles. The van der Waals surface area contributed by atoms with Gasteiger partial charge in [-0.25, -0.2) is 0 Å². The monoisotopic (exact) mass is 498 g/mol. The summed E-state index contributed by atoms with van der Waals surface area (Å²) in [6, 6.07) is 30.2. The normalized spacial score (nSPS) is 17.8. The zero-order valence-electron chi connectivity index (χ0n) is 20.5. The molecule has 4 aromatic rings. The van der Waals surface area contributed by atoms with E-state index in [-0.39, 0.29) is 5.91 Å². The number of ether oxygens (including phenoxy) is 1. The number of benzene rings is 4. The third kappa shape index (κ3) is 4.98. The van der Waals surface area contributed by atoms with Crippen LogP contribution in [0.5, 0.6) is 5.75 Å². The molecule has 0 radical (unpaired) electrons. The SMILES string of the molecule is COc1ccc([C@@H]2Sc3c(ccc4ccccc34)N(CCN(C)Cc3ccccc3)C(=O)[C@@H]2O)cc1. The Labute approximate surface area is 216 Å². The van der Waals surface area contributed by atoms with Crippen LogP contribution in [0.3, 0.4) is 0 Å². The van der Waals surface area contributed by atoms with Crippen LogP contribution in [0.15, 0.2) is 95.9 Å². The number of fused-ring (bicyclic) bond motifs is 3.